The van der Waals surface area contributed by atoms with Gasteiger partial charge in [0.2, 0.25) is 0 Å². The number of carbonyl (C=O) groups excluding carboxylic acids is 1. The maximum atomic E-state index is 11.8. The molecule has 0 heterocycles. The number of carbonyl (C=O) groups is 1. The molecule has 0 saturated heterocycles. The molecule has 0 aliphatic heterocycles. The van der Waals surface area contributed by atoms with Crippen LogP contribution >= 0.6 is 47.8 Å². The van der Waals surface area contributed by atoms with Crippen LogP contribution in [0.1, 0.15) is 27.2 Å². The SMILES string of the molecule is C/C(CC(C)C)=N/NC(=O)CNc1c(Br)cc(Br)cc1Br. The molecule has 116 valence electrons. The normalized spacial score (nSPS) is 11.7. The molecular formula is C14H18Br3N3O. The van der Waals surface area contributed by atoms with Crippen molar-refractivity contribution in [2.75, 3.05) is 11.9 Å². The van der Waals surface area contributed by atoms with Gasteiger partial charge in [-0.3, -0.25) is 4.79 Å². The zero-order valence-corrected chi connectivity index (χ0v) is 16.9. The van der Waals surface area contributed by atoms with Crippen molar-refractivity contribution in [2.45, 2.75) is 27.2 Å². The lowest BCUT2D eigenvalue weighted by molar-refractivity contribution is -0.119. The lowest BCUT2D eigenvalue weighted by atomic mass is 10.1. The predicted octanol–water partition coefficient (Wildman–Crippen LogP) is 4.92. The van der Waals surface area contributed by atoms with Crippen LogP contribution in [-0.2, 0) is 4.79 Å². The number of nitrogens with one attached hydrogen (secondary N) is 2. The summed E-state index contributed by atoms with van der Waals surface area (Å²) in [5.41, 5.74) is 4.31. The van der Waals surface area contributed by atoms with Crippen LogP contribution < -0.4 is 10.7 Å². The van der Waals surface area contributed by atoms with Gasteiger partial charge in [0, 0.05) is 19.1 Å². The van der Waals surface area contributed by atoms with Crippen LogP contribution in [-0.4, -0.2) is 18.2 Å². The van der Waals surface area contributed by atoms with Crippen molar-refractivity contribution in [1.29, 1.82) is 0 Å². The molecule has 0 fully saturated rings. The van der Waals surface area contributed by atoms with Gasteiger partial charge in [0.25, 0.3) is 5.91 Å². The number of hydrogen-bond donors (Lipinski definition) is 2. The highest BCUT2D eigenvalue weighted by Crippen LogP contribution is 2.34. The predicted molar refractivity (Wildman–Crippen MR) is 98.7 cm³/mol. The fourth-order valence-electron chi connectivity index (χ4n) is 1.71. The van der Waals surface area contributed by atoms with Crippen LogP contribution in [0.15, 0.2) is 30.7 Å². The van der Waals surface area contributed by atoms with Gasteiger partial charge in [-0.2, -0.15) is 5.10 Å². The Balaban J connectivity index is 2.54. The fourth-order valence-corrected chi connectivity index (χ4v) is 4.25. The first kappa shape index (κ1) is 18.6. The Morgan fingerprint density at radius 3 is 2.33 bits per heavy atom. The molecule has 1 aromatic rings. The number of anilines is 1. The van der Waals surface area contributed by atoms with Gasteiger partial charge in [0.15, 0.2) is 0 Å². The summed E-state index contributed by atoms with van der Waals surface area (Å²) in [6.07, 6.45) is 0.873. The number of hydrazone groups is 1. The first-order valence-corrected chi connectivity index (χ1v) is 8.88. The van der Waals surface area contributed by atoms with Gasteiger partial charge in [-0.25, -0.2) is 5.43 Å². The van der Waals surface area contributed by atoms with Gasteiger partial charge in [0.1, 0.15) is 0 Å². The lowest BCUT2D eigenvalue weighted by Crippen LogP contribution is -2.27. The van der Waals surface area contributed by atoms with E-state index < -0.39 is 0 Å². The maximum Gasteiger partial charge on any atom is 0.259 e. The Morgan fingerprint density at radius 1 is 1.24 bits per heavy atom. The molecule has 0 aromatic heterocycles. The van der Waals surface area contributed by atoms with Crippen molar-refractivity contribution < 1.29 is 4.79 Å². The summed E-state index contributed by atoms with van der Waals surface area (Å²) >= 11 is 10.3. The van der Waals surface area contributed by atoms with E-state index in [1.165, 1.54) is 0 Å². The molecular weight excluding hydrogens is 466 g/mol. The molecule has 21 heavy (non-hydrogen) atoms. The van der Waals surface area contributed by atoms with Crippen molar-refractivity contribution in [1.82, 2.24) is 5.43 Å². The summed E-state index contributed by atoms with van der Waals surface area (Å²) in [6.45, 7) is 6.29. The molecule has 1 rings (SSSR count). The molecule has 2 N–H and O–H groups in total. The Hall–Kier alpha value is -0.400. The molecule has 0 aliphatic carbocycles. The molecule has 7 heteroatoms. The molecule has 0 bridgehead atoms. The van der Waals surface area contributed by atoms with E-state index in [-0.39, 0.29) is 12.5 Å². The largest absolute Gasteiger partial charge is 0.374 e. The zero-order valence-electron chi connectivity index (χ0n) is 12.1. The summed E-state index contributed by atoms with van der Waals surface area (Å²) in [4.78, 5) is 11.8. The topological polar surface area (TPSA) is 53.5 Å². The molecule has 0 unspecified atom stereocenters. The molecule has 1 aromatic carbocycles. The van der Waals surface area contributed by atoms with Gasteiger partial charge >= 0.3 is 0 Å². The third-order valence-electron chi connectivity index (χ3n) is 2.51. The minimum atomic E-state index is -0.181. The van der Waals surface area contributed by atoms with Crippen LogP contribution in [0.4, 0.5) is 5.69 Å². The van der Waals surface area contributed by atoms with Crippen molar-refractivity contribution in [3.63, 3.8) is 0 Å². The first-order valence-electron chi connectivity index (χ1n) is 6.50. The van der Waals surface area contributed by atoms with E-state index >= 15 is 0 Å². The Kier molecular flexibility index (Phi) is 7.90. The van der Waals surface area contributed by atoms with Crippen molar-refractivity contribution >= 4 is 65.1 Å². The molecule has 4 nitrogen and oxygen atoms in total. The van der Waals surface area contributed by atoms with E-state index in [4.69, 9.17) is 0 Å². The summed E-state index contributed by atoms with van der Waals surface area (Å²) in [5, 5.41) is 7.16. The Bertz CT molecular complexity index is 521. The third kappa shape index (κ3) is 6.93. The number of hydrogen-bond acceptors (Lipinski definition) is 3. The molecule has 0 spiro atoms. The summed E-state index contributed by atoms with van der Waals surface area (Å²) in [5.74, 6) is 0.346. The molecule has 0 aliphatic rings. The minimum absolute atomic E-state index is 0.150. The van der Waals surface area contributed by atoms with Crippen LogP contribution in [0.5, 0.6) is 0 Å². The second-order valence-electron chi connectivity index (χ2n) is 5.08. The summed E-state index contributed by atoms with van der Waals surface area (Å²) < 4.78 is 2.69. The average molecular weight is 484 g/mol. The molecule has 0 radical (unpaired) electrons. The fraction of sp³-hybridized carbons (Fsp3) is 0.429. The summed E-state index contributed by atoms with van der Waals surface area (Å²) in [6, 6.07) is 3.83. The van der Waals surface area contributed by atoms with Gasteiger partial charge in [-0.05, 0) is 63.3 Å². The molecule has 0 saturated carbocycles. The zero-order chi connectivity index (χ0) is 16.0. The van der Waals surface area contributed by atoms with E-state index in [9.17, 15) is 4.79 Å². The Labute approximate surface area is 150 Å². The molecule has 1 amide bonds. The highest BCUT2D eigenvalue weighted by molar-refractivity contribution is 9.11. The first-order chi connectivity index (χ1) is 9.79. The lowest BCUT2D eigenvalue weighted by Gasteiger charge is -2.11. The van der Waals surface area contributed by atoms with Crippen molar-refractivity contribution in [2.24, 2.45) is 11.0 Å². The van der Waals surface area contributed by atoms with Gasteiger partial charge in [-0.15, -0.1) is 0 Å². The van der Waals surface area contributed by atoms with E-state index in [1.54, 1.807) is 0 Å². The second kappa shape index (κ2) is 8.90. The van der Waals surface area contributed by atoms with Crippen LogP contribution in [0.25, 0.3) is 0 Å². The highest BCUT2D eigenvalue weighted by atomic mass is 79.9. The standard InChI is InChI=1S/C14H18Br3N3O/c1-8(2)4-9(3)19-20-13(21)7-18-14-11(16)5-10(15)6-12(14)17/h5-6,8,18H,4,7H2,1-3H3,(H,20,21)/b19-9-. The summed E-state index contributed by atoms with van der Waals surface area (Å²) in [7, 11) is 0. The Morgan fingerprint density at radius 2 is 1.81 bits per heavy atom. The van der Waals surface area contributed by atoms with Crippen molar-refractivity contribution in [3.05, 3.63) is 25.6 Å². The average Bonchev–Trinajstić information content (AvgIpc) is 2.34. The quantitative estimate of drug-likeness (QED) is 0.445. The molecule has 0 atom stereocenters. The van der Waals surface area contributed by atoms with E-state index in [0.717, 1.165) is 31.2 Å². The number of halogens is 3. The number of rotatable bonds is 6. The smallest absolute Gasteiger partial charge is 0.259 e. The number of benzene rings is 1. The van der Waals surface area contributed by atoms with Crippen LogP contribution in [0.3, 0.4) is 0 Å². The third-order valence-corrected chi connectivity index (χ3v) is 4.22. The van der Waals surface area contributed by atoms with Gasteiger partial charge < -0.3 is 5.32 Å². The van der Waals surface area contributed by atoms with E-state index in [1.807, 2.05) is 19.1 Å². The van der Waals surface area contributed by atoms with E-state index in [2.05, 4.69) is 77.5 Å². The minimum Gasteiger partial charge on any atom is -0.374 e. The van der Waals surface area contributed by atoms with Gasteiger partial charge in [0.05, 0.1) is 12.2 Å². The van der Waals surface area contributed by atoms with Gasteiger partial charge in [-0.1, -0.05) is 29.8 Å². The van der Waals surface area contributed by atoms with Crippen LogP contribution in [0.2, 0.25) is 0 Å². The van der Waals surface area contributed by atoms with Crippen molar-refractivity contribution in [3.8, 4) is 0 Å². The number of nitrogens with zero attached hydrogens (tertiary/aromatic N) is 1. The van der Waals surface area contributed by atoms with Crippen LogP contribution in [0, 0.1) is 5.92 Å². The number of amides is 1. The second-order valence-corrected chi connectivity index (χ2v) is 7.70. The maximum absolute atomic E-state index is 11.8. The van der Waals surface area contributed by atoms with E-state index in [0.29, 0.717) is 5.92 Å². The monoisotopic (exact) mass is 481 g/mol. The highest BCUT2D eigenvalue weighted by Gasteiger charge is 2.08.